The second-order valence-electron chi connectivity index (χ2n) is 3.45. The molecule has 0 aliphatic carbocycles. The number of hydrogen-bond donors (Lipinski definition) is 3. The second-order valence-corrected chi connectivity index (χ2v) is 3.45. The number of nitrogens with zero attached hydrogens (tertiary/aromatic N) is 1. The van der Waals surface area contributed by atoms with Crippen molar-refractivity contribution in [3.8, 4) is 0 Å². The predicted octanol–water partition coefficient (Wildman–Crippen LogP) is -0.776. The summed E-state index contributed by atoms with van der Waals surface area (Å²) in [6, 6.07) is -0.515. The van der Waals surface area contributed by atoms with Crippen LogP contribution in [0, 0.1) is 5.92 Å². The number of amides is 3. The van der Waals surface area contributed by atoms with Gasteiger partial charge in [0.1, 0.15) is 6.54 Å². The molecule has 0 saturated carbocycles. The minimum absolute atomic E-state index is 0.0355. The lowest BCUT2D eigenvalue weighted by Crippen LogP contribution is -2.44. The van der Waals surface area contributed by atoms with Gasteiger partial charge in [-0.05, 0) is 6.42 Å². The predicted molar refractivity (Wildman–Crippen MR) is 56.6 cm³/mol. The molecule has 4 N–H and O–H groups in total. The van der Waals surface area contributed by atoms with Crippen molar-refractivity contribution in [3.63, 3.8) is 0 Å². The minimum atomic E-state index is -0.958. The summed E-state index contributed by atoms with van der Waals surface area (Å²) in [5.41, 5.74) is 4.91. The molecule has 1 atom stereocenters. The summed E-state index contributed by atoms with van der Waals surface area (Å²) in [4.78, 5) is 33.6. The Morgan fingerprint density at radius 3 is 2.38 bits per heavy atom. The number of nitrogens with two attached hydrogens (primary N) is 1. The molecule has 92 valence electrons. The zero-order valence-corrected chi connectivity index (χ0v) is 9.40. The van der Waals surface area contributed by atoms with E-state index in [1.165, 1.54) is 7.05 Å². The zero-order valence-electron chi connectivity index (χ0n) is 9.40. The van der Waals surface area contributed by atoms with E-state index in [4.69, 9.17) is 10.8 Å². The number of hydrogen-bond acceptors (Lipinski definition) is 3. The highest BCUT2D eigenvalue weighted by atomic mass is 16.4. The molecule has 0 bridgehead atoms. The molecule has 0 aliphatic heterocycles. The summed E-state index contributed by atoms with van der Waals surface area (Å²) in [6.07, 6.45) is 0.426. The number of nitrogens with one attached hydrogen (secondary N) is 1. The van der Waals surface area contributed by atoms with E-state index < -0.39 is 23.8 Å². The van der Waals surface area contributed by atoms with Gasteiger partial charge in [-0.1, -0.05) is 6.92 Å². The van der Waals surface area contributed by atoms with Crippen LogP contribution < -0.4 is 11.1 Å². The first-order valence-electron chi connectivity index (χ1n) is 4.88. The minimum Gasteiger partial charge on any atom is -0.481 e. The summed E-state index contributed by atoms with van der Waals surface area (Å²) in [7, 11) is 1.40. The van der Waals surface area contributed by atoms with Gasteiger partial charge < -0.3 is 21.1 Å². The number of rotatable bonds is 6. The highest BCUT2D eigenvalue weighted by molar-refractivity contribution is 5.83. The standard InChI is InChI=1S/C9H17N3O4/c1-3-6(8(14)15)4-11-9(16)12(2)5-7(10)13/h6H,3-5H2,1-2H3,(H2,10,13)(H,11,16)(H,14,15). The molecule has 0 rings (SSSR count). The van der Waals surface area contributed by atoms with Gasteiger partial charge in [0, 0.05) is 13.6 Å². The number of urea groups is 1. The maximum atomic E-state index is 11.3. The van der Waals surface area contributed by atoms with E-state index in [1.807, 2.05) is 0 Å². The van der Waals surface area contributed by atoms with Crippen LogP contribution in [0.5, 0.6) is 0 Å². The van der Waals surface area contributed by atoms with Crippen molar-refractivity contribution in [2.75, 3.05) is 20.1 Å². The van der Waals surface area contributed by atoms with E-state index in [-0.39, 0.29) is 13.1 Å². The topological polar surface area (TPSA) is 113 Å². The molecule has 3 amide bonds. The van der Waals surface area contributed by atoms with Crippen LogP contribution in [0.3, 0.4) is 0 Å². The van der Waals surface area contributed by atoms with Gasteiger partial charge in [0.15, 0.2) is 0 Å². The monoisotopic (exact) mass is 231 g/mol. The van der Waals surface area contributed by atoms with Gasteiger partial charge in [0.05, 0.1) is 5.92 Å². The van der Waals surface area contributed by atoms with E-state index >= 15 is 0 Å². The average molecular weight is 231 g/mol. The van der Waals surface area contributed by atoms with E-state index in [2.05, 4.69) is 5.32 Å². The van der Waals surface area contributed by atoms with Crippen LogP contribution >= 0.6 is 0 Å². The van der Waals surface area contributed by atoms with Gasteiger partial charge in [-0.3, -0.25) is 9.59 Å². The Morgan fingerprint density at radius 2 is 2.00 bits per heavy atom. The Bertz CT molecular complexity index is 280. The fourth-order valence-electron chi connectivity index (χ4n) is 1.06. The molecule has 0 fully saturated rings. The van der Waals surface area contributed by atoms with Gasteiger partial charge in [0.2, 0.25) is 5.91 Å². The van der Waals surface area contributed by atoms with Gasteiger partial charge >= 0.3 is 12.0 Å². The maximum Gasteiger partial charge on any atom is 0.317 e. The lowest BCUT2D eigenvalue weighted by atomic mass is 10.1. The molecule has 0 saturated heterocycles. The third-order valence-corrected chi connectivity index (χ3v) is 2.08. The van der Waals surface area contributed by atoms with Crippen molar-refractivity contribution in [2.45, 2.75) is 13.3 Å². The van der Waals surface area contributed by atoms with Crippen molar-refractivity contribution < 1.29 is 19.5 Å². The lowest BCUT2D eigenvalue weighted by Gasteiger charge is -2.17. The normalized spacial score (nSPS) is 11.6. The summed E-state index contributed by atoms with van der Waals surface area (Å²) >= 11 is 0. The van der Waals surface area contributed by atoms with Crippen LogP contribution in [-0.4, -0.2) is 48.1 Å². The summed E-state index contributed by atoms with van der Waals surface area (Å²) < 4.78 is 0. The molecule has 0 aliphatic rings. The average Bonchev–Trinajstić information content (AvgIpc) is 2.16. The Kier molecular flexibility index (Phi) is 5.91. The molecular weight excluding hydrogens is 214 g/mol. The number of primary amides is 1. The lowest BCUT2D eigenvalue weighted by molar-refractivity contribution is -0.141. The van der Waals surface area contributed by atoms with Crippen molar-refractivity contribution in [1.29, 1.82) is 0 Å². The highest BCUT2D eigenvalue weighted by Crippen LogP contribution is 2.00. The fourth-order valence-corrected chi connectivity index (χ4v) is 1.06. The summed E-state index contributed by atoms with van der Waals surface area (Å²) in [6.45, 7) is 1.56. The fraction of sp³-hybridized carbons (Fsp3) is 0.667. The summed E-state index contributed by atoms with van der Waals surface area (Å²) in [5.74, 6) is -2.20. The smallest absolute Gasteiger partial charge is 0.317 e. The van der Waals surface area contributed by atoms with Crippen molar-refractivity contribution >= 4 is 17.9 Å². The molecule has 0 radical (unpaired) electrons. The molecule has 0 aromatic carbocycles. The van der Waals surface area contributed by atoms with Crippen LogP contribution in [0.1, 0.15) is 13.3 Å². The van der Waals surface area contributed by atoms with Gasteiger partial charge in [-0.2, -0.15) is 0 Å². The first-order valence-corrected chi connectivity index (χ1v) is 4.88. The molecule has 0 aromatic heterocycles. The van der Waals surface area contributed by atoms with Crippen LogP contribution in [0.4, 0.5) is 4.79 Å². The van der Waals surface area contributed by atoms with Crippen LogP contribution in [0.25, 0.3) is 0 Å². The Morgan fingerprint density at radius 1 is 1.44 bits per heavy atom. The number of aliphatic carboxylic acids is 1. The van der Waals surface area contributed by atoms with Crippen LogP contribution in [0.2, 0.25) is 0 Å². The van der Waals surface area contributed by atoms with E-state index in [9.17, 15) is 14.4 Å². The van der Waals surface area contributed by atoms with E-state index in [0.29, 0.717) is 6.42 Å². The quantitative estimate of drug-likeness (QED) is 0.556. The number of carbonyl (C=O) groups is 3. The Hall–Kier alpha value is -1.79. The Labute approximate surface area is 93.6 Å². The molecule has 7 nitrogen and oxygen atoms in total. The van der Waals surface area contributed by atoms with Gasteiger partial charge in [-0.15, -0.1) is 0 Å². The van der Waals surface area contributed by atoms with Gasteiger partial charge in [-0.25, -0.2) is 4.79 Å². The molecule has 7 heteroatoms. The third kappa shape index (κ3) is 5.18. The molecule has 1 unspecified atom stereocenters. The van der Waals surface area contributed by atoms with Gasteiger partial charge in [0.25, 0.3) is 0 Å². The molecule has 0 heterocycles. The molecule has 0 aromatic rings. The highest BCUT2D eigenvalue weighted by Gasteiger charge is 2.17. The Balaban J connectivity index is 4.05. The first kappa shape index (κ1) is 14.2. The van der Waals surface area contributed by atoms with Crippen LogP contribution in [-0.2, 0) is 9.59 Å². The molecular formula is C9H17N3O4. The summed E-state index contributed by atoms with van der Waals surface area (Å²) in [5, 5.41) is 11.1. The number of carbonyl (C=O) groups excluding carboxylic acids is 2. The van der Waals surface area contributed by atoms with Crippen molar-refractivity contribution in [2.24, 2.45) is 11.7 Å². The number of likely N-dealkylation sites (N-methyl/N-ethyl adjacent to an activating group) is 1. The second kappa shape index (κ2) is 6.65. The van der Waals surface area contributed by atoms with Crippen molar-refractivity contribution in [1.82, 2.24) is 10.2 Å². The van der Waals surface area contributed by atoms with Crippen LogP contribution in [0.15, 0.2) is 0 Å². The maximum absolute atomic E-state index is 11.3. The van der Waals surface area contributed by atoms with E-state index in [0.717, 1.165) is 4.90 Å². The largest absolute Gasteiger partial charge is 0.481 e. The molecule has 16 heavy (non-hydrogen) atoms. The van der Waals surface area contributed by atoms with Crippen molar-refractivity contribution in [3.05, 3.63) is 0 Å². The van der Waals surface area contributed by atoms with E-state index in [1.54, 1.807) is 6.92 Å². The number of carboxylic acid groups (broad SMARTS) is 1. The molecule has 0 spiro atoms. The third-order valence-electron chi connectivity index (χ3n) is 2.08. The SMILES string of the molecule is CCC(CNC(=O)N(C)CC(N)=O)C(=O)O. The zero-order chi connectivity index (χ0) is 12.7. The first-order chi connectivity index (χ1) is 7.38. The number of carboxylic acids is 1.